The molecule has 1 unspecified atom stereocenters. The summed E-state index contributed by atoms with van der Waals surface area (Å²) in [6.07, 6.45) is 3.63. The highest BCUT2D eigenvalue weighted by molar-refractivity contribution is 7.17. The van der Waals surface area contributed by atoms with Gasteiger partial charge in [-0.15, -0.1) is 36.2 Å². The van der Waals surface area contributed by atoms with Crippen LogP contribution in [0.2, 0.25) is 0 Å². The maximum Gasteiger partial charge on any atom is 0.263 e. The number of carbonyl (C=O) groups excluding carboxylic acids is 1. The van der Waals surface area contributed by atoms with E-state index in [2.05, 4.69) is 15.4 Å². The predicted molar refractivity (Wildman–Crippen MR) is 94.1 cm³/mol. The van der Waals surface area contributed by atoms with E-state index in [1.807, 2.05) is 27.1 Å². The molecule has 2 aromatic heterocycles. The lowest BCUT2D eigenvalue weighted by atomic mass is 10.2. The third kappa shape index (κ3) is 4.95. The average molecular weight is 366 g/mol. The van der Waals surface area contributed by atoms with Gasteiger partial charge in [-0.05, 0) is 19.4 Å². The number of aryl methyl sites for hydroxylation is 2. The number of carbonyl (C=O) groups is 1. The summed E-state index contributed by atoms with van der Waals surface area (Å²) in [5, 5.41) is 7.82. The molecule has 1 amide bonds. The highest BCUT2D eigenvalue weighted by Gasteiger charge is 2.17. The van der Waals surface area contributed by atoms with E-state index in [-0.39, 0.29) is 36.6 Å². The van der Waals surface area contributed by atoms with Crippen molar-refractivity contribution in [1.29, 1.82) is 0 Å². The molecular weight excluding hydrogens is 345 g/mol. The molecule has 3 N–H and O–H groups in total. The van der Waals surface area contributed by atoms with E-state index in [1.54, 1.807) is 10.9 Å². The number of amides is 1. The highest BCUT2D eigenvalue weighted by Crippen LogP contribution is 2.27. The fourth-order valence-corrected chi connectivity index (χ4v) is 2.65. The summed E-state index contributed by atoms with van der Waals surface area (Å²) in [5.41, 5.74) is 7.21. The number of nitrogens with one attached hydrogen (secondary N) is 1. The Morgan fingerprint density at radius 2 is 2.18 bits per heavy atom. The number of hydrogen-bond donors (Lipinski definition) is 2. The first-order chi connectivity index (χ1) is 9.51. The maximum atomic E-state index is 12.1. The Hall–Kier alpha value is -1.15. The number of nitrogens with two attached hydrogens (primary N) is 1. The zero-order chi connectivity index (χ0) is 14.7. The molecular formula is C13H21Cl2N5OS. The number of hydrogen-bond acceptors (Lipinski definition) is 5. The van der Waals surface area contributed by atoms with Gasteiger partial charge in [0.25, 0.3) is 5.91 Å². The van der Waals surface area contributed by atoms with Gasteiger partial charge in [-0.1, -0.05) is 6.92 Å². The van der Waals surface area contributed by atoms with Crippen molar-refractivity contribution in [1.82, 2.24) is 20.1 Å². The van der Waals surface area contributed by atoms with E-state index >= 15 is 0 Å². The van der Waals surface area contributed by atoms with Gasteiger partial charge >= 0.3 is 0 Å². The molecule has 0 saturated carbocycles. The lowest BCUT2D eigenvalue weighted by Crippen LogP contribution is -2.31. The molecule has 9 heteroatoms. The second kappa shape index (κ2) is 9.09. The first kappa shape index (κ1) is 20.9. The van der Waals surface area contributed by atoms with Gasteiger partial charge in [-0.25, -0.2) is 4.98 Å². The molecule has 0 radical (unpaired) electrons. The zero-order valence-corrected chi connectivity index (χ0v) is 15.1. The molecule has 124 valence electrons. The number of rotatable bonds is 5. The minimum Gasteiger partial charge on any atom is -0.351 e. The highest BCUT2D eigenvalue weighted by atomic mass is 35.5. The van der Waals surface area contributed by atoms with Crippen LogP contribution < -0.4 is 11.1 Å². The molecule has 0 aromatic carbocycles. The minimum atomic E-state index is -0.0876. The van der Waals surface area contributed by atoms with Crippen LogP contribution in [-0.4, -0.2) is 33.8 Å². The van der Waals surface area contributed by atoms with Crippen LogP contribution in [0.1, 0.15) is 22.3 Å². The van der Waals surface area contributed by atoms with Crippen LogP contribution in [0, 0.1) is 12.8 Å². The summed E-state index contributed by atoms with van der Waals surface area (Å²) in [7, 11) is 1.85. The normalized spacial score (nSPS) is 11.3. The smallest absolute Gasteiger partial charge is 0.263 e. The van der Waals surface area contributed by atoms with E-state index in [4.69, 9.17) is 5.73 Å². The monoisotopic (exact) mass is 365 g/mol. The molecule has 2 heterocycles. The van der Waals surface area contributed by atoms with E-state index in [0.717, 1.165) is 16.3 Å². The number of halogens is 2. The summed E-state index contributed by atoms with van der Waals surface area (Å²) in [5.74, 6) is 0.181. The van der Waals surface area contributed by atoms with Gasteiger partial charge in [-0.3, -0.25) is 9.48 Å². The Kier molecular flexibility index (Phi) is 8.62. The second-order valence-electron chi connectivity index (χ2n) is 4.89. The van der Waals surface area contributed by atoms with Crippen molar-refractivity contribution < 1.29 is 4.79 Å². The Morgan fingerprint density at radius 3 is 2.73 bits per heavy atom. The van der Waals surface area contributed by atoms with Crippen LogP contribution >= 0.6 is 36.2 Å². The number of nitrogens with zero attached hydrogens (tertiary/aromatic N) is 3. The van der Waals surface area contributed by atoms with Gasteiger partial charge in [-0.2, -0.15) is 5.10 Å². The van der Waals surface area contributed by atoms with Crippen LogP contribution in [0.4, 0.5) is 0 Å². The summed E-state index contributed by atoms with van der Waals surface area (Å²) >= 11 is 1.39. The van der Waals surface area contributed by atoms with E-state index in [9.17, 15) is 4.79 Å². The maximum absolute atomic E-state index is 12.1. The lowest BCUT2D eigenvalue weighted by Gasteiger charge is -2.09. The molecule has 0 aliphatic carbocycles. The molecule has 0 saturated heterocycles. The van der Waals surface area contributed by atoms with Crippen LogP contribution in [0.5, 0.6) is 0 Å². The minimum absolute atomic E-state index is 0. The van der Waals surface area contributed by atoms with Gasteiger partial charge in [0.2, 0.25) is 0 Å². The van der Waals surface area contributed by atoms with Crippen molar-refractivity contribution in [2.24, 2.45) is 18.7 Å². The van der Waals surface area contributed by atoms with Crippen molar-refractivity contribution in [3.63, 3.8) is 0 Å². The van der Waals surface area contributed by atoms with Crippen LogP contribution in [0.15, 0.2) is 12.4 Å². The molecule has 0 aliphatic heterocycles. The van der Waals surface area contributed by atoms with E-state index in [1.165, 1.54) is 11.3 Å². The number of aromatic nitrogens is 3. The Balaban J connectivity index is 0.00000220. The lowest BCUT2D eigenvalue weighted by molar-refractivity contribution is 0.0952. The molecule has 0 aliphatic rings. The van der Waals surface area contributed by atoms with Crippen LogP contribution in [-0.2, 0) is 7.05 Å². The standard InChI is InChI=1S/C13H19N5OS.2ClH/c1-8(4-14)5-15-12(19)11-9(2)17-13(20-11)10-6-16-18(3)7-10;;/h6-8H,4-5,14H2,1-3H3,(H,15,19);2*1H. The molecule has 2 aromatic rings. The summed E-state index contributed by atoms with van der Waals surface area (Å²) in [4.78, 5) is 17.2. The number of thiazole rings is 1. The largest absolute Gasteiger partial charge is 0.351 e. The Labute approximate surface area is 146 Å². The topological polar surface area (TPSA) is 85.8 Å². The molecule has 1 atom stereocenters. The molecule has 0 spiro atoms. The molecule has 2 rings (SSSR count). The van der Waals surface area contributed by atoms with Gasteiger partial charge in [0.15, 0.2) is 0 Å². The Bertz CT molecular complexity index is 613. The van der Waals surface area contributed by atoms with Gasteiger partial charge in [0, 0.05) is 25.4 Å². The summed E-state index contributed by atoms with van der Waals surface area (Å²) in [6.45, 7) is 4.98. The van der Waals surface area contributed by atoms with E-state index in [0.29, 0.717) is 18.0 Å². The molecule has 6 nitrogen and oxygen atoms in total. The van der Waals surface area contributed by atoms with E-state index < -0.39 is 0 Å². The van der Waals surface area contributed by atoms with Crippen molar-refractivity contribution in [3.05, 3.63) is 23.0 Å². The average Bonchev–Trinajstić information content (AvgIpc) is 3.01. The zero-order valence-electron chi connectivity index (χ0n) is 12.7. The molecule has 0 bridgehead atoms. The van der Waals surface area contributed by atoms with Crippen molar-refractivity contribution in [3.8, 4) is 10.6 Å². The molecule has 0 fully saturated rings. The summed E-state index contributed by atoms with van der Waals surface area (Å²) < 4.78 is 1.72. The first-order valence-electron chi connectivity index (χ1n) is 6.46. The fraction of sp³-hybridized carbons (Fsp3) is 0.462. The van der Waals surface area contributed by atoms with Gasteiger partial charge < -0.3 is 11.1 Å². The Morgan fingerprint density at radius 1 is 1.50 bits per heavy atom. The van der Waals surface area contributed by atoms with Crippen molar-refractivity contribution in [2.45, 2.75) is 13.8 Å². The third-order valence-corrected chi connectivity index (χ3v) is 4.17. The van der Waals surface area contributed by atoms with Gasteiger partial charge in [0.05, 0.1) is 11.9 Å². The van der Waals surface area contributed by atoms with Gasteiger partial charge in [0.1, 0.15) is 9.88 Å². The quantitative estimate of drug-likeness (QED) is 0.848. The summed E-state index contributed by atoms with van der Waals surface area (Å²) in [6, 6.07) is 0. The molecule has 22 heavy (non-hydrogen) atoms. The predicted octanol–water partition coefficient (Wildman–Crippen LogP) is 2.02. The van der Waals surface area contributed by atoms with Crippen molar-refractivity contribution >= 4 is 42.1 Å². The SMILES string of the molecule is Cc1nc(-c2cnn(C)c2)sc1C(=O)NCC(C)CN.Cl.Cl. The second-order valence-corrected chi connectivity index (χ2v) is 5.89. The first-order valence-corrected chi connectivity index (χ1v) is 7.27. The fourth-order valence-electron chi connectivity index (χ4n) is 1.69. The van der Waals surface area contributed by atoms with Crippen molar-refractivity contribution in [2.75, 3.05) is 13.1 Å². The third-order valence-electron chi connectivity index (χ3n) is 2.97. The van der Waals surface area contributed by atoms with Crippen LogP contribution in [0.3, 0.4) is 0 Å². The van der Waals surface area contributed by atoms with Crippen LogP contribution in [0.25, 0.3) is 10.6 Å².